The first kappa shape index (κ1) is 18.6. The monoisotopic (exact) mass is 296 g/mol. The van der Waals surface area contributed by atoms with E-state index in [1.54, 1.807) is 20.8 Å². The molecule has 0 radical (unpaired) electrons. The van der Waals surface area contributed by atoms with E-state index in [1.807, 2.05) is 6.92 Å². The zero-order chi connectivity index (χ0) is 14.9. The van der Waals surface area contributed by atoms with Crippen LogP contribution in [0.3, 0.4) is 0 Å². The summed E-state index contributed by atoms with van der Waals surface area (Å²) in [6.07, 6.45) is -0.494. The molecule has 19 heavy (non-hydrogen) atoms. The predicted octanol–water partition coefficient (Wildman–Crippen LogP) is 2.35. The van der Waals surface area contributed by atoms with Crippen LogP contribution in [-0.2, 0) is 23.1 Å². The van der Waals surface area contributed by atoms with Crippen LogP contribution < -0.4 is 0 Å². The molecular formula is C12H25O6P. The second-order valence-electron chi connectivity index (χ2n) is 3.93. The second-order valence-corrected chi connectivity index (χ2v) is 6.19. The number of rotatable bonds is 10. The Balaban J connectivity index is 5.12. The van der Waals surface area contributed by atoms with Gasteiger partial charge in [-0.05, 0) is 27.2 Å². The van der Waals surface area contributed by atoms with Crippen LogP contribution in [0.25, 0.3) is 0 Å². The van der Waals surface area contributed by atoms with Crippen molar-refractivity contribution in [1.29, 1.82) is 0 Å². The van der Waals surface area contributed by atoms with Gasteiger partial charge in [-0.25, -0.2) is 4.79 Å². The van der Waals surface area contributed by atoms with Gasteiger partial charge < -0.3 is 18.9 Å². The van der Waals surface area contributed by atoms with Gasteiger partial charge in [0.1, 0.15) is 0 Å². The van der Waals surface area contributed by atoms with Crippen LogP contribution in [-0.4, -0.2) is 42.7 Å². The van der Waals surface area contributed by atoms with Gasteiger partial charge in [0.05, 0.1) is 25.5 Å². The van der Waals surface area contributed by atoms with Crippen molar-refractivity contribution in [3.8, 4) is 0 Å². The number of esters is 1. The lowest BCUT2D eigenvalue weighted by molar-refractivity contribution is -0.153. The molecule has 6 nitrogen and oxygen atoms in total. The fraction of sp³-hybridized carbons (Fsp3) is 0.917. The number of aliphatic hydroxyl groups excluding tert-OH is 1. The molecule has 0 saturated carbocycles. The average Bonchev–Trinajstić information content (AvgIpc) is 2.36. The number of aliphatic hydroxyl groups is 1. The Hall–Kier alpha value is -0.420. The highest BCUT2D eigenvalue weighted by Crippen LogP contribution is 2.55. The maximum atomic E-state index is 12.6. The smallest absolute Gasteiger partial charge is 0.336 e. The van der Waals surface area contributed by atoms with Crippen molar-refractivity contribution in [2.24, 2.45) is 0 Å². The topological polar surface area (TPSA) is 82.1 Å². The maximum Gasteiger partial charge on any atom is 0.336 e. The summed E-state index contributed by atoms with van der Waals surface area (Å²) in [4.78, 5) is 11.6. The summed E-state index contributed by atoms with van der Waals surface area (Å²) in [7, 11) is -3.53. The first-order valence-corrected chi connectivity index (χ1v) is 8.31. The molecule has 7 heteroatoms. The van der Waals surface area contributed by atoms with E-state index < -0.39 is 25.3 Å². The van der Waals surface area contributed by atoms with Crippen molar-refractivity contribution < 1.29 is 28.3 Å². The van der Waals surface area contributed by atoms with E-state index in [-0.39, 0.29) is 19.8 Å². The molecule has 0 aromatic carbocycles. The normalized spacial score (nSPS) is 15.0. The molecule has 0 aliphatic carbocycles. The van der Waals surface area contributed by atoms with E-state index >= 15 is 0 Å². The quantitative estimate of drug-likeness (QED) is 0.492. The number of hydrogen-bond donors (Lipinski definition) is 1. The van der Waals surface area contributed by atoms with E-state index in [0.29, 0.717) is 12.8 Å². The summed E-state index contributed by atoms with van der Waals surface area (Å²) in [5.41, 5.74) is -0.892. The molecule has 0 saturated heterocycles. The molecule has 0 aliphatic heterocycles. The third kappa shape index (κ3) is 5.61. The van der Waals surface area contributed by atoms with Crippen LogP contribution in [0, 0.1) is 0 Å². The van der Waals surface area contributed by atoms with Crippen LogP contribution in [0.15, 0.2) is 0 Å². The molecule has 0 aromatic rings. The van der Waals surface area contributed by atoms with Gasteiger partial charge in [-0.15, -0.1) is 0 Å². The number of carbonyl (C=O) groups is 1. The average molecular weight is 296 g/mol. The molecule has 0 aliphatic rings. The zero-order valence-electron chi connectivity index (χ0n) is 12.1. The van der Waals surface area contributed by atoms with Crippen LogP contribution in [0.4, 0.5) is 0 Å². The summed E-state index contributed by atoms with van der Waals surface area (Å²) in [5.74, 6) is -0.791. The van der Waals surface area contributed by atoms with Gasteiger partial charge in [-0.3, -0.25) is 4.57 Å². The first-order valence-electron chi connectivity index (χ1n) is 6.70. The lowest BCUT2D eigenvalue weighted by Gasteiger charge is -2.28. The fourth-order valence-corrected chi connectivity index (χ4v) is 3.98. The fourth-order valence-electron chi connectivity index (χ4n) is 1.76. The van der Waals surface area contributed by atoms with Crippen molar-refractivity contribution >= 4 is 13.6 Å². The van der Waals surface area contributed by atoms with Gasteiger partial charge in [0, 0.05) is 0 Å². The van der Waals surface area contributed by atoms with E-state index in [1.165, 1.54) is 0 Å². The summed E-state index contributed by atoms with van der Waals surface area (Å²) in [5, 5.41) is 10.0. The second kappa shape index (κ2) is 9.48. The molecular weight excluding hydrogens is 271 g/mol. The molecule has 114 valence electrons. The number of ether oxygens (including phenoxy) is 1. The highest BCUT2D eigenvalue weighted by atomic mass is 31.2. The Morgan fingerprint density at radius 3 is 2.00 bits per heavy atom. The van der Waals surface area contributed by atoms with E-state index in [0.717, 1.165) is 0 Å². The van der Waals surface area contributed by atoms with Gasteiger partial charge >= 0.3 is 13.6 Å². The van der Waals surface area contributed by atoms with Crippen LogP contribution in [0.5, 0.6) is 0 Å². The molecule has 0 bridgehead atoms. The third-order valence-electron chi connectivity index (χ3n) is 2.50. The summed E-state index contributed by atoms with van der Waals surface area (Å²) >= 11 is 0. The van der Waals surface area contributed by atoms with E-state index in [4.69, 9.17) is 13.8 Å². The molecule has 0 aromatic heterocycles. The Morgan fingerprint density at radius 2 is 1.63 bits per heavy atom. The Labute approximate surface area is 115 Å². The molecule has 2 atom stereocenters. The highest BCUT2D eigenvalue weighted by Gasteiger charge is 2.43. The third-order valence-corrected chi connectivity index (χ3v) is 5.09. The van der Waals surface area contributed by atoms with Crippen molar-refractivity contribution in [3.05, 3.63) is 0 Å². The van der Waals surface area contributed by atoms with Crippen LogP contribution in [0.2, 0.25) is 0 Å². The lowest BCUT2D eigenvalue weighted by Crippen LogP contribution is -2.36. The number of hydrogen-bond acceptors (Lipinski definition) is 6. The standard InChI is InChI=1S/C12H25O6P/c1-5-9-10(11(13)12(14)16-6-2)19(15,17-7-3)18-8-4/h10-11,13H,5-9H2,1-4H3. The first-order chi connectivity index (χ1) is 8.96. The predicted molar refractivity (Wildman–Crippen MR) is 72.2 cm³/mol. The summed E-state index contributed by atoms with van der Waals surface area (Å²) < 4.78 is 27.8. The minimum absolute atomic E-state index is 0.155. The Bertz CT molecular complexity index is 297. The van der Waals surface area contributed by atoms with Crippen LogP contribution >= 0.6 is 7.60 Å². The maximum absolute atomic E-state index is 12.6. The molecule has 0 spiro atoms. The van der Waals surface area contributed by atoms with Crippen molar-refractivity contribution in [3.63, 3.8) is 0 Å². The minimum atomic E-state index is -3.53. The highest BCUT2D eigenvalue weighted by molar-refractivity contribution is 7.54. The van der Waals surface area contributed by atoms with Crippen molar-refractivity contribution in [2.45, 2.75) is 52.3 Å². The van der Waals surface area contributed by atoms with Crippen molar-refractivity contribution in [1.82, 2.24) is 0 Å². The van der Waals surface area contributed by atoms with Gasteiger partial charge in [0.15, 0.2) is 6.10 Å². The van der Waals surface area contributed by atoms with Crippen LogP contribution in [0.1, 0.15) is 40.5 Å². The molecule has 0 rings (SSSR count). The molecule has 0 amide bonds. The molecule has 0 heterocycles. The number of carbonyl (C=O) groups excluding carboxylic acids is 1. The summed E-state index contributed by atoms with van der Waals surface area (Å²) in [6.45, 7) is 7.41. The molecule has 1 N–H and O–H groups in total. The molecule has 0 fully saturated rings. The Morgan fingerprint density at radius 1 is 1.11 bits per heavy atom. The zero-order valence-corrected chi connectivity index (χ0v) is 13.0. The van der Waals surface area contributed by atoms with Gasteiger partial charge in [0.2, 0.25) is 0 Å². The van der Waals surface area contributed by atoms with Crippen molar-refractivity contribution in [2.75, 3.05) is 19.8 Å². The van der Waals surface area contributed by atoms with Gasteiger partial charge in [-0.2, -0.15) is 0 Å². The minimum Gasteiger partial charge on any atom is -0.464 e. The van der Waals surface area contributed by atoms with Gasteiger partial charge in [0.25, 0.3) is 0 Å². The molecule has 2 unspecified atom stereocenters. The van der Waals surface area contributed by atoms with E-state index in [9.17, 15) is 14.5 Å². The van der Waals surface area contributed by atoms with E-state index in [2.05, 4.69) is 0 Å². The Kier molecular flexibility index (Phi) is 9.27. The van der Waals surface area contributed by atoms with Gasteiger partial charge in [-0.1, -0.05) is 13.3 Å². The summed E-state index contributed by atoms with van der Waals surface area (Å²) in [6, 6.07) is 0. The largest absolute Gasteiger partial charge is 0.464 e. The SMILES string of the molecule is CCCC(C(O)C(=O)OCC)P(=O)(OCC)OCC. The lowest BCUT2D eigenvalue weighted by atomic mass is 10.1.